The number of benzene rings is 1. The van der Waals surface area contributed by atoms with Crippen molar-refractivity contribution < 1.29 is 0 Å². The Bertz CT molecular complexity index is 957. The molecule has 0 amide bonds. The summed E-state index contributed by atoms with van der Waals surface area (Å²) < 4.78 is 0. The normalized spacial score (nSPS) is 11.7. The van der Waals surface area contributed by atoms with E-state index < -0.39 is 0 Å². The molecule has 5 nitrogen and oxygen atoms in total. The number of anilines is 1. The number of nitrogen functional groups attached to an aromatic ring is 1. The van der Waals surface area contributed by atoms with Crippen molar-refractivity contribution in [2.75, 3.05) is 5.43 Å². The van der Waals surface area contributed by atoms with Gasteiger partial charge in [-0.3, -0.25) is 15.6 Å². The van der Waals surface area contributed by atoms with Crippen LogP contribution in [0.3, 0.4) is 0 Å². The molecule has 3 aromatic rings. The van der Waals surface area contributed by atoms with Gasteiger partial charge >= 0.3 is 0 Å². The highest BCUT2D eigenvalue weighted by Gasteiger charge is 2.11. The van der Waals surface area contributed by atoms with Crippen LogP contribution in [-0.2, 0) is 0 Å². The number of H-pyrrole nitrogens is 1. The largest absolute Gasteiger partial charge is 0.323 e. The number of aryl methyl sites for hydroxylation is 1. The van der Waals surface area contributed by atoms with E-state index in [2.05, 4.69) is 15.4 Å². The molecule has 23 heavy (non-hydrogen) atoms. The van der Waals surface area contributed by atoms with E-state index in [0.717, 1.165) is 39.0 Å². The van der Waals surface area contributed by atoms with Crippen molar-refractivity contribution in [1.29, 1.82) is 0 Å². The summed E-state index contributed by atoms with van der Waals surface area (Å²) in [6.07, 6.45) is 3.84. The number of hydrazine groups is 1. The fraction of sp³-hybridized carbons (Fsp3) is 0.111. The molecule has 0 fully saturated rings. The van der Waals surface area contributed by atoms with Gasteiger partial charge in [0.05, 0.1) is 11.2 Å². The molecule has 0 aliphatic heterocycles. The molecule has 0 bridgehead atoms. The monoisotopic (exact) mass is 306 g/mol. The van der Waals surface area contributed by atoms with E-state index in [4.69, 9.17) is 5.84 Å². The van der Waals surface area contributed by atoms with Gasteiger partial charge in [-0.05, 0) is 60.7 Å². The number of aromatic amines is 1. The number of nitrogens with one attached hydrogen (secondary N) is 2. The Kier molecular flexibility index (Phi) is 3.95. The minimum absolute atomic E-state index is 0.135. The van der Waals surface area contributed by atoms with E-state index in [9.17, 15) is 4.79 Å². The van der Waals surface area contributed by atoms with Gasteiger partial charge in [0.1, 0.15) is 0 Å². The summed E-state index contributed by atoms with van der Waals surface area (Å²) >= 11 is 0. The van der Waals surface area contributed by atoms with Crippen molar-refractivity contribution in [2.45, 2.75) is 13.8 Å². The first-order valence-corrected chi connectivity index (χ1v) is 7.36. The van der Waals surface area contributed by atoms with E-state index in [1.807, 2.05) is 50.3 Å². The molecule has 0 radical (unpaired) electrons. The average Bonchev–Trinajstić information content (AvgIpc) is 2.55. The number of nitrogens with two attached hydrogens (primary N) is 1. The molecular weight excluding hydrogens is 288 g/mol. The Morgan fingerprint density at radius 1 is 1.26 bits per heavy atom. The molecule has 2 aromatic heterocycles. The molecular formula is C18H18N4O. The Hall–Kier alpha value is -2.92. The molecule has 3 rings (SSSR count). The molecule has 0 unspecified atom stereocenters. The predicted molar refractivity (Wildman–Crippen MR) is 94.1 cm³/mol. The van der Waals surface area contributed by atoms with Gasteiger partial charge in [-0.2, -0.15) is 0 Å². The van der Waals surface area contributed by atoms with Crippen LogP contribution in [0.1, 0.15) is 23.7 Å². The van der Waals surface area contributed by atoms with Crippen LogP contribution >= 0.6 is 0 Å². The summed E-state index contributed by atoms with van der Waals surface area (Å²) in [4.78, 5) is 18.6. The second kappa shape index (κ2) is 6.06. The molecule has 2 heterocycles. The van der Waals surface area contributed by atoms with Gasteiger partial charge in [-0.1, -0.05) is 6.08 Å². The van der Waals surface area contributed by atoms with Crippen molar-refractivity contribution >= 4 is 22.2 Å². The number of fused-ring (bicyclic) bond motifs is 1. The van der Waals surface area contributed by atoms with Gasteiger partial charge < -0.3 is 10.4 Å². The first-order chi connectivity index (χ1) is 11.1. The molecule has 0 saturated heterocycles. The summed E-state index contributed by atoms with van der Waals surface area (Å²) in [7, 11) is 0. The number of rotatable bonds is 3. The quantitative estimate of drug-likeness (QED) is 0.513. The van der Waals surface area contributed by atoms with Crippen LogP contribution < -0.4 is 16.8 Å². The van der Waals surface area contributed by atoms with Gasteiger partial charge in [-0.15, -0.1) is 0 Å². The Morgan fingerprint density at radius 2 is 2.09 bits per heavy atom. The van der Waals surface area contributed by atoms with Gasteiger partial charge in [0.2, 0.25) is 5.56 Å². The molecule has 0 atom stereocenters. The Morgan fingerprint density at radius 3 is 2.78 bits per heavy atom. The van der Waals surface area contributed by atoms with Crippen LogP contribution in [0.4, 0.5) is 5.69 Å². The van der Waals surface area contributed by atoms with Crippen molar-refractivity contribution in [1.82, 2.24) is 9.97 Å². The minimum atomic E-state index is -0.135. The maximum atomic E-state index is 11.5. The lowest BCUT2D eigenvalue weighted by atomic mass is 9.95. The van der Waals surface area contributed by atoms with E-state index in [1.165, 1.54) is 6.07 Å². The molecule has 0 spiro atoms. The lowest BCUT2D eigenvalue weighted by Gasteiger charge is -2.15. The van der Waals surface area contributed by atoms with Crippen LogP contribution in [-0.4, -0.2) is 9.97 Å². The number of aromatic nitrogens is 2. The van der Waals surface area contributed by atoms with Crippen molar-refractivity contribution in [3.05, 3.63) is 75.8 Å². The minimum Gasteiger partial charge on any atom is -0.323 e. The highest BCUT2D eigenvalue weighted by molar-refractivity contribution is 5.94. The van der Waals surface area contributed by atoms with E-state index in [0.29, 0.717) is 0 Å². The molecule has 0 saturated carbocycles. The first-order valence-electron chi connectivity index (χ1n) is 7.36. The molecule has 5 heteroatoms. The van der Waals surface area contributed by atoms with Crippen molar-refractivity contribution in [3.63, 3.8) is 0 Å². The van der Waals surface area contributed by atoms with E-state index in [1.54, 1.807) is 6.20 Å². The first kappa shape index (κ1) is 15.0. The summed E-state index contributed by atoms with van der Waals surface area (Å²) in [5.41, 5.74) is 8.14. The molecule has 1 aromatic carbocycles. The lowest BCUT2D eigenvalue weighted by Crippen LogP contribution is -2.10. The SMILES string of the molecule is C/C=C(/c1ccnc(C)c1)c1cc2ccc(=O)[nH]c2cc1NN. The molecule has 116 valence electrons. The fourth-order valence-electron chi connectivity index (χ4n) is 2.74. The molecule has 0 aliphatic carbocycles. The van der Waals surface area contributed by atoms with Crippen LogP contribution in [0.5, 0.6) is 0 Å². The second-order valence-corrected chi connectivity index (χ2v) is 5.34. The lowest BCUT2D eigenvalue weighted by molar-refractivity contribution is 1.19. The zero-order valence-corrected chi connectivity index (χ0v) is 13.1. The zero-order chi connectivity index (χ0) is 16.4. The smallest absolute Gasteiger partial charge is 0.248 e. The fourth-order valence-corrected chi connectivity index (χ4v) is 2.74. The van der Waals surface area contributed by atoms with Crippen LogP contribution in [0.2, 0.25) is 0 Å². The van der Waals surface area contributed by atoms with Gasteiger partial charge in [0, 0.05) is 23.5 Å². The highest BCUT2D eigenvalue weighted by Crippen LogP contribution is 2.32. The number of allylic oxidation sites excluding steroid dienone is 1. The maximum Gasteiger partial charge on any atom is 0.248 e. The Labute approximate surface area is 133 Å². The third-order valence-electron chi connectivity index (χ3n) is 3.80. The third-order valence-corrected chi connectivity index (χ3v) is 3.80. The number of nitrogens with zero attached hydrogens (tertiary/aromatic N) is 1. The predicted octanol–water partition coefficient (Wildman–Crippen LogP) is 2.97. The van der Waals surface area contributed by atoms with Crippen LogP contribution in [0.25, 0.3) is 16.5 Å². The summed E-state index contributed by atoms with van der Waals surface area (Å²) in [5.74, 6) is 5.70. The van der Waals surface area contributed by atoms with E-state index >= 15 is 0 Å². The zero-order valence-electron chi connectivity index (χ0n) is 13.1. The third kappa shape index (κ3) is 2.86. The van der Waals surface area contributed by atoms with Gasteiger partial charge in [0.15, 0.2) is 0 Å². The number of hydrogen-bond donors (Lipinski definition) is 3. The van der Waals surface area contributed by atoms with Gasteiger partial charge in [-0.25, -0.2) is 0 Å². The molecule has 4 N–H and O–H groups in total. The summed E-state index contributed by atoms with van der Waals surface area (Å²) in [6.45, 7) is 3.95. The second-order valence-electron chi connectivity index (χ2n) is 5.34. The standard InChI is InChI=1S/C18H18N4O/c1-3-14(12-6-7-20-11(2)8-12)15-9-13-4-5-18(23)21-16(13)10-17(15)22-19/h3-10,22H,19H2,1-2H3,(H,21,23)/b14-3-. The summed E-state index contributed by atoms with van der Waals surface area (Å²) in [5, 5.41) is 0.948. The van der Waals surface area contributed by atoms with E-state index in [-0.39, 0.29) is 5.56 Å². The number of pyridine rings is 2. The summed E-state index contributed by atoms with van der Waals surface area (Å²) in [6, 6.07) is 11.2. The number of hydrogen-bond acceptors (Lipinski definition) is 4. The van der Waals surface area contributed by atoms with Crippen LogP contribution in [0.15, 0.2) is 53.5 Å². The molecule has 0 aliphatic rings. The highest BCUT2D eigenvalue weighted by atomic mass is 16.1. The Balaban J connectivity index is 2.24. The van der Waals surface area contributed by atoms with Crippen molar-refractivity contribution in [3.8, 4) is 0 Å². The topological polar surface area (TPSA) is 83.8 Å². The van der Waals surface area contributed by atoms with Crippen molar-refractivity contribution in [2.24, 2.45) is 5.84 Å². The van der Waals surface area contributed by atoms with Gasteiger partial charge in [0.25, 0.3) is 0 Å². The maximum absolute atomic E-state index is 11.5. The average molecular weight is 306 g/mol. The van der Waals surface area contributed by atoms with Crippen LogP contribution in [0, 0.1) is 6.92 Å².